The van der Waals surface area contributed by atoms with Crippen molar-refractivity contribution >= 4 is 21.9 Å². The number of rotatable bonds is 10. The molecule has 3 heterocycles. The van der Waals surface area contributed by atoms with Gasteiger partial charge in [0.1, 0.15) is 17.8 Å². The van der Waals surface area contributed by atoms with Crippen LogP contribution in [-0.4, -0.2) is 96.5 Å². The number of carbonyl (C=O) groups excluding carboxylic acids is 1. The van der Waals surface area contributed by atoms with Gasteiger partial charge in [-0.2, -0.15) is 17.5 Å². The summed E-state index contributed by atoms with van der Waals surface area (Å²) in [6, 6.07) is 9.18. The molecule has 1 aliphatic carbocycles. The van der Waals surface area contributed by atoms with Gasteiger partial charge in [0.15, 0.2) is 0 Å². The van der Waals surface area contributed by atoms with Crippen molar-refractivity contribution in [3.8, 4) is 5.75 Å². The molecular formula is C31H37F3N4O7S. The number of pyridine rings is 1. The van der Waals surface area contributed by atoms with E-state index in [2.05, 4.69) is 9.88 Å². The highest BCUT2D eigenvalue weighted by atomic mass is 32.2. The van der Waals surface area contributed by atoms with Gasteiger partial charge in [0, 0.05) is 51.2 Å². The van der Waals surface area contributed by atoms with Gasteiger partial charge in [-0.05, 0) is 80.1 Å². The number of carboxylic acids is 1. The Morgan fingerprint density at radius 3 is 2.17 bits per heavy atom. The Kier molecular flexibility index (Phi) is 11.1. The van der Waals surface area contributed by atoms with Gasteiger partial charge in [0.25, 0.3) is 5.91 Å². The minimum absolute atomic E-state index is 0.0691. The minimum atomic E-state index is -5.08. The van der Waals surface area contributed by atoms with Crippen LogP contribution in [0.1, 0.15) is 45.7 Å². The molecule has 46 heavy (non-hydrogen) atoms. The molecule has 0 spiro atoms. The molecular weight excluding hydrogens is 629 g/mol. The molecule has 3 aromatic rings. The summed E-state index contributed by atoms with van der Waals surface area (Å²) in [5, 5.41) is 7.12. The second-order valence-electron chi connectivity index (χ2n) is 11.2. The predicted molar refractivity (Wildman–Crippen MR) is 161 cm³/mol. The standard InChI is InChI=1S/C29H36N4O5S.C2HF3O2/c1-21-16-26(37-3)17-22(2)28(21)39(35,36)33(25-4-5-25)19-27-18-24(20-38-27)29(34)32-14-12-31(13-15-32)11-8-23-6-9-30-10-7-23;3-2(4,5)1(6)7/h6-7,9-10,16-18,20,25H,4-5,8,11-15,19H2,1-3H3;(H,6,7). The number of sulfonamides is 1. The zero-order valence-electron chi connectivity index (χ0n) is 25.8. The summed E-state index contributed by atoms with van der Waals surface area (Å²) in [5.41, 5.74) is 3.01. The van der Waals surface area contributed by atoms with Gasteiger partial charge >= 0.3 is 12.1 Å². The van der Waals surface area contributed by atoms with E-state index in [1.54, 1.807) is 39.2 Å². The Bertz CT molecular complexity index is 1600. The lowest BCUT2D eigenvalue weighted by molar-refractivity contribution is -0.192. The Hall–Kier alpha value is -3.95. The van der Waals surface area contributed by atoms with E-state index >= 15 is 0 Å². The first-order valence-electron chi connectivity index (χ1n) is 14.7. The van der Waals surface area contributed by atoms with E-state index in [-0.39, 0.29) is 18.5 Å². The fraction of sp³-hybridized carbons (Fsp3) is 0.452. The molecule has 1 aliphatic heterocycles. The molecule has 2 aliphatic rings. The number of piperazine rings is 1. The fourth-order valence-electron chi connectivity index (χ4n) is 5.25. The average Bonchev–Trinajstić information content (AvgIpc) is 3.74. The van der Waals surface area contributed by atoms with Crippen molar-refractivity contribution in [2.45, 2.75) is 56.8 Å². The molecule has 0 unspecified atom stereocenters. The van der Waals surface area contributed by atoms with Gasteiger partial charge < -0.3 is 19.2 Å². The molecule has 0 radical (unpaired) electrons. The van der Waals surface area contributed by atoms with Crippen LogP contribution in [0.15, 0.2) is 58.3 Å². The lowest BCUT2D eigenvalue weighted by Crippen LogP contribution is -2.49. The lowest BCUT2D eigenvalue weighted by atomic mass is 10.1. The monoisotopic (exact) mass is 666 g/mol. The van der Waals surface area contributed by atoms with Crippen molar-refractivity contribution < 1.29 is 45.4 Å². The highest BCUT2D eigenvalue weighted by Gasteiger charge is 2.40. The second kappa shape index (κ2) is 14.6. The summed E-state index contributed by atoms with van der Waals surface area (Å²) < 4.78 is 71.9. The molecule has 2 fully saturated rings. The highest BCUT2D eigenvalue weighted by Crippen LogP contribution is 2.37. The molecule has 1 aromatic carbocycles. The number of alkyl halides is 3. The number of carbonyl (C=O) groups is 2. The third-order valence-electron chi connectivity index (χ3n) is 7.77. The smallest absolute Gasteiger partial charge is 0.490 e. The minimum Gasteiger partial charge on any atom is -0.497 e. The van der Waals surface area contributed by atoms with E-state index in [9.17, 15) is 26.4 Å². The summed E-state index contributed by atoms with van der Waals surface area (Å²) >= 11 is 0. The molecule has 11 nitrogen and oxygen atoms in total. The topological polar surface area (TPSA) is 133 Å². The Morgan fingerprint density at radius 1 is 1.07 bits per heavy atom. The first-order chi connectivity index (χ1) is 21.7. The van der Waals surface area contributed by atoms with E-state index in [1.807, 2.05) is 29.4 Å². The zero-order valence-corrected chi connectivity index (χ0v) is 26.6. The number of hydrogen-bond donors (Lipinski definition) is 1. The number of nitrogens with zero attached hydrogens (tertiary/aromatic N) is 4. The van der Waals surface area contributed by atoms with Crippen LogP contribution in [0.2, 0.25) is 0 Å². The Balaban J connectivity index is 0.000000617. The maximum absolute atomic E-state index is 13.8. The maximum Gasteiger partial charge on any atom is 0.490 e. The van der Waals surface area contributed by atoms with Crippen LogP contribution < -0.4 is 4.74 Å². The molecule has 1 saturated carbocycles. The summed E-state index contributed by atoms with van der Waals surface area (Å²) in [5.74, 6) is -1.74. The number of furan rings is 1. The second-order valence-corrected chi connectivity index (χ2v) is 13.0. The quantitative estimate of drug-likeness (QED) is 0.337. The normalized spacial score (nSPS) is 15.8. The Morgan fingerprint density at radius 2 is 1.65 bits per heavy atom. The van der Waals surface area contributed by atoms with Gasteiger partial charge in [-0.3, -0.25) is 14.7 Å². The van der Waals surface area contributed by atoms with Crippen molar-refractivity contribution in [3.63, 3.8) is 0 Å². The van der Waals surface area contributed by atoms with Crippen LogP contribution >= 0.6 is 0 Å². The van der Waals surface area contributed by atoms with Gasteiger partial charge in [-0.15, -0.1) is 0 Å². The molecule has 1 saturated heterocycles. The zero-order chi connectivity index (χ0) is 33.6. The fourth-order valence-corrected chi connectivity index (χ4v) is 7.32. The number of hydrogen-bond acceptors (Lipinski definition) is 8. The third kappa shape index (κ3) is 8.85. The number of amides is 1. The van der Waals surface area contributed by atoms with Gasteiger partial charge in [-0.1, -0.05) is 0 Å². The summed E-state index contributed by atoms with van der Waals surface area (Å²) in [7, 11) is -2.20. The number of benzene rings is 1. The van der Waals surface area contributed by atoms with Crippen LogP contribution in [-0.2, 0) is 27.8 Å². The number of aryl methyl sites for hydroxylation is 2. The van der Waals surface area contributed by atoms with Crippen LogP contribution in [0.25, 0.3) is 0 Å². The van der Waals surface area contributed by atoms with E-state index < -0.39 is 22.2 Å². The molecule has 250 valence electrons. The Labute approximate surface area is 265 Å². The molecule has 15 heteroatoms. The maximum atomic E-state index is 13.8. The molecule has 0 atom stereocenters. The van der Waals surface area contributed by atoms with Crippen LogP contribution in [0.4, 0.5) is 13.2 Å². The van der Waals surface area contributed by atoms with Crippen molar-refractivity contribution in [2.75, 3.05) is 39.8 Å². The summed E-state index contributed by atoms with van der Waals surface area (Å²) in [6.45, 7) is 7.54. The number of methoxy groups -OCH3 is 1. The van der Waals surface area contributed by atoms with Crippen LogP contribution in [0.3, 0.4) is 0 Å². The van der Waals surface area contributed by atoms with Crippen molar-refractivity contribution in [3.05, 3.63) is 77.0 Å². The van der Waals surface area contributed by atoms with E-state index in [1.165, 1.54) is 16.1 Å². The molecule has 1 amide bonds. The molecule has 5 rings (SSSR count). The average molecular weight is 667 g/mol. The van der Waals surface area contributed by atoms with E-state index in [0.29, 0.717) is 46.2 Å². The first-order valence-corrected chi connectivity index (χ1v) is 16.1. The van der Waals surface area contributed by atoms with Gasteiger partial charge in [-0.25, -0.2) is 13.2 Å². The van der Waals surface area contributed by atoms with Gasteiger partial charge in [0.05, 0.1) is 24.1 Å². The van der Waals surface area contributed by atoms with Crippen molar-refractivity contribution in [2.24, 2.45) is 0 Å². The predicted octanol–water partition coefficient (Wildman–Crippen LogP) is 4.29. The summed E-state index contributed by atoms with van der Waals surface area (Å²) in [4.78, 5) is 30.7. The summed E-state index contributed by atoms with van der Waals surface area (Å²) in [6.07, 6.45) is 2.57. The first kappa shape index (κ1) is 34.9. The molecule has 0 bridgehead atoms. The molecule has 1 N–H and O–H groups in total. The van der Waals surface area contributed by atoms with E-state index in [0.717, 1.165) is 38.9 Å². The third-order valence-corrected chi connectivity index (χ3v) is 9.98. The van der Waals surface area contributed by atoms with E-state index in [4.69, 9.17) is 19.1 Å². The SMILES string of the molecule is COc1cc(C)c(S(=O)(=O)N(Cc2cc(C(=O)N3CCN(CCc4ccncc4)CC3)co2)C2CC2)c(C)c1.O=C(O)C(F)(F)F. The molecule has 2 aromatic heterocycles. The number of halogens is 3. The van der Waals surface area contributed by atoms with Crippen molar-refractivity contribution in [1.82, 2.24) is 19.1 Å². The highest BCUT2D eigenvalue weighted by molar-refractivity contribution is 7.89. The van der Waals surface area contributed by atoms with Crippen LogP contribution in [0.5, 0.6) is 5.75 Å². The number of aromatic nitrogens is 1. The number of aliphatic carboxylic acids is 1. The van der Waals surface area contributed by atoms with Crippen molar-refractivity contribution in [1.29, 1.82) is 0 Å². The number of ether oxygens (including phenoxy) is 1. The largest absolute Gasteiger partial charge is 0.497 e. The van der Waals surface area contributed by atoms with Gasteiger partial charge in [0.2, 0.25) is 10.0 Å². The lowest BCUT2D eigenvalue weighted by Gasteiger charge is -2.34. The van der Waals surface area contributed by atoms with Crippen LogP contribution in [0, 0.1) is 13.8 Å². The number of carboxylic acid groups (broad SMARTS) is 1.